The minimum Gasteiger partial charge on any atom is -0.438 e. The van der Waals surface area contributed by atoms with Crippen LogP contribution in [0.1, 0.15) is 18.1 Å². The van der Waals surface area contributed by atoms with E-state index in [0.29, 0.717) is 28.9 Å². The Morgan fingerprint density at radius 1 is 1.33 bits per heavy atom. The Morgan fingerprint density at radius 2 is 2.11 bits per heavy atom. The number of aromatic nitrogens is 2. The molecule has 0 fully saturated rings. The van der Waals surface area contributed by atoms with Crippen LogP contribution in [0.15, 0.2) is 24.5 Å². The molecule has 0 aliphatic carbocycles. The molecular formula is C13H14ClN3O. The summed E-state index contributed by atoms with van der Waals surface area (Å²) in [5.74, 6) is 1.60. The number of benzene rings is 1. The van der Waals surface area contributed by atoms with Crippen molar-refractivity contribution in [3.05, 3.63) is 40.7 Å². The molecule has 0 aliphatic heterocycles. The fourth-order valence-electron chi connectivity index (χ4n) is 1.62. The second-order valence-electron chi connectivity index (χ2n) is 3.91. The number of nitrogens with zero attached hydrogens (tertiary/aromatic N) is 2. The van der Waals surface area contributed by atoms with Gasteiger partial charge in [-0.1, -0.05) is 24.6 Å². The Morgan fingerprint density at radius 3 is 2.83 bits per heavy atom. The number of anilines is 1. The Hall–Kier alpha value is -1.81. The molecule has 2 N–H and O–H groups in total. The van der Waals surface area contributed by atoms with Crippen molar-refractivity contribution in [1.29, 1.82) is 0 Å². The highest BCUT2D eigenvalue weighted by atomic mass is 35.5. The molecule has 4 nitrogen and oxygen atoms in total. The van der Waals surface area contributed by atoms with Gasteiger partial charge in [0.25, 0.3) is 0 Å². The topological polar surface area (TPSA) is 61.0 Å². The second kappa shape index (κ2) is 5.23. The summed E-state index contributed by atoms with van der Waals surface area (Å²) in [5.41, 5.74) is 7.58. The molecule has 0 bridgehead atoms. The molecule has 1 heterocycles. The highest BCUT2D eigenvalue weighted by Gasteiger charge is 2.11. The molecule has 1 aromatic carbocycles. The van der Waals surface area contributed by atoms with Crippen molar-refractivity contribution >= 4 is 17.4 Å². The molecule has 18 heavy (non-hydrogen) atoms. The quantitative estimate of drug-likeness (QED) is 0.922. The van der Waals surface area contributed by atoms with Crippen LogP contribution in [0.25, 0.3) is 0 Å². The van der Waals surface area contributed by atoms with E-state index in [0.717, 1.165) is 11.1 Å². The molecular weight excluding hydrogens is 250 g/mol. The maximum atomic E-state index is 5.95. The van der Waals surface area contributed by atoms with E-state index in [9.17, 15) is 0 Å². The molecule has 2 rings (SSSR count). The molecule has 94 valence electrons. The van der Waals surface area contributed by atoms with Crippen LogP contribution in [0.2, 0.25) is 5.02 Å². The summed E-state index contributed by atoms with van der Waals surface area (Å²) in [6, 6.07) is 5.47. The molecule has 0 spiro atoms. The molecule has 0 radical (unpaired) electrons. The molecule has 0 amide bonds. The number of nitrogens with two attached hydrogens (primary N) is 1. The lowest BCUT2D eigenvalue weighted by Crippen LogP contribution is -2.02. The number of halogens is 1. The summed E-state index contributed by atoms with van der Waals surface area (Å²) in [6.45, 7) is 3.93. The molecule has 5 heteroatoms. The van der Waals surface area contributed by atoms with E-state index >= 15 is 0 Å². The zero-order valence-corrected chi connectivity index (χ0v) is 11.0. The molecule has 0 unspecified atom stereocenters. The second-order valence-corrected chi connectivity index (χ2v) is 4.34. The van der Waals surface area contributed by atoms with Gasteiger partial charge in [0.05, 0.1) is 5.56 Å². The Balaban J connectivity index is 2.40. The largest absolute Gasteiger partial charge is 0.438 e. The fraction of sp³-hybridized carbons (Fsp3) is 0.231. The third-order valence-electron chi connectivity index (χ3n) is 2.65. The number of hydrogen-bond donors (Lipinski definition) is 1. The van der Waals surface area contributed by atoms with Crippen LogP contribution in [0.4, 0.5) is 5.82 Å². The average Bonchev–Trinajstić information content (AvgIpc) is 2.34. The lowest BCUT2D eigenvalue weighted by Gasteiger charge is -2.11. The van der Waals surface area contributed by atoms with Crippen LogP contribution in [0.5, 0.6) is 11.6 Å². The van der Waals surface area contributed by atoms with Crippen LogP contribution >= 0.6 is 11.6 Å². The Labute approximate surface area is 111 Å². The lowest BCUT2D eigenvalue weighted by atomic mass is 10.2. The number of nitrogen functional groups attached to an aromatic ring is 1. The van der Waals surface area contributed by atoms with Gasteiger partial charge in [0.2, 0.25) is 5.88 Å². The smallest absolute Gasteiger partial charge is 0.227 e. The van der Waals surface area contributed by atoms with Crippen molar-refractivity contribution in [2.24, 2.45) is 0 Å². The highest BCUT2D eigenvalue weighted by molar-refractivity contribution is 6.30. The van der Waals surface area contributed by atoms with Crippen molar-refractivity contribution in [3.63, 3.8) is 0 Å². The zero-order valence-electron chi connectivity index (χ0n) is 10.3. The van der Waals surface area contributed by atoms with Gasteiger partial charge in [0, 0.05) is 5.02 Å². The van der Waals surface area contributed by atoms with Gasteiger partial charge in [-0.2, -0.15) is 0 Å². The van der Waals surface area contributed by atoms with E-state index in [4.69, 9.17) is 22.1 Å². The van der Waals surface area contributed by atoms with E-state index in [-0.39, 0.29) is 0 Å². The van der Waals surface area contributed by atoms with Crippen molar-refractivity contribution in [2.45, 2.75) is 20.3 Å². The standard InChI is InChI=1S/C13H14ClN3O/c1-3-10-12(15)16-7-17-13(10)18-11-6-9(14)5-4-8(11)2/h4-7H,3H2,1-2H3,(H2,15,16,17). The van der Waals surface area contributed by atoms with Crippen LogP contribution < -0.4 is 10.5 Å². The summed E-state index contributed by atoms with van der Waals surface area (Å²) in [5, 5.41) is 0.621. The summed E-state index contributed by atoms with van der Waals surface area (Å²) in [7, 11) is 0. The summed E-state index contributed by atoms with van der Waals surface area (Å²) in [4.78, 5) is 8.07. The van der Waals surface area contributed by atoms with E-state index < -0.39 is 0 Å². The number of hydrogen-bond acceptors (Lipinski definition) is 4. The van der Waals surface area contributed by atoms with E-state index in [2.05, 4.69) is 9.97 Å². The Kier molecular flexibility index (Phi) is 3.67. The SMILES string of the molecule is CCc1c(N)ncnc1Oc1cc(Cl)ccc1C. The minimum atomic E-state index is 0.446. The van der Waals surface area contributed by atoms with Crippen LogP contribution in [0.3, 0.4) is 0 Å². The van der Waals surface area contributed by atoms with Crippen LogP contribution in [0, 0.1) is 6.92 Å². The van der Waals surface area contributed by atoms with E-state index in [1.165, 1.54) is 6.33 Å². The average molecular weight is 264 g/mol. The number of rotatable bonds is 3. The Bertz CT molecular complexity index is 572. The van der Waals surface area contributed by atoms with Gasteiger partial charge in [-0.15, -0.1) is 0 Å². The van der Waals surface area contributed by atoms with Gasteiger partial charge in [-0.05, 0) is 31.0 Å². The van der Waals surface area contributed by atoms with Crippen LogP contribution in [-0.4, -0.2) is 9.97 Å². The molecule has 0 saturated carbocycles. The first kappa shape index (κ1) is 12.6. The predicted octanol–water partition coefficient (Wildman–Crippen LogP) is 3.38. The van der Waals surface area contributed by atoms with Gasteiger partial charge in [0.1, 0.15) is 17.9 Å². The number of aryl methyl sites for hydroxylation is 1. The monoisotopic (exact) mass is 263 g/mol. The summed E-state index contributed by atoms with van der Waals surface area (Å²) in [6.07, 6.45) is 2.10. The van der Waals surface area contributed by atoms with Gasteiger partial charge >= 0.3 is 0 Å². The number of ether oxygens (including phenoxy) is 1. The lowest BCUT2D eigenvalue weighted by molar-refractivity contribution is 0.452. The first-order valence-electron chi connectivity index (χ1n) is 5.65. The van der Waals surface area contributed by atoms with Crippen molar-refractivity contribution in [2.75, 3.05) is 5.73 Å². The molecule has 2 aromatic rings. The maximum absolute atomic E-state index is 5.95. The molecule has 0 atom stereocenters. The van der Waals surface area contributed by atoms with E-state index in [1.807, 2.05) is 26.0 Å². The summed E-state index contributed by atoms with van der Waals surface area (Å²) < 4.78 is 5.78. The van der Waals surface area contributed by atoms with Gasteiger partial charge in [-0.25, -0.2) is 9.97 Å². The minimum absolute atomic E-state index is 0.446. The van der Waals surface area contributed by atoms with Crippen molar-refractivity contribution in [1.82, 2.24) is 9.97 Å². The first-order chi connectivity index (χ1) is 8.61. The zero-order chi connectivity index (χ0) is 13.1. The molecule has 0 saturated heterocycles. The molecule has 1 aromatic heterocycles. The van der Waals surface area contributed by atoms with E-state index in [1.54, 1.807) is 6.07 Å². The van der Waals surface area contributed by atoms with Crippen LogP contribution in [-0.2, 0) is 6.42 Å². The first-order valence-corrected chi connectivity index (χ1v) is 6.03. The normalized spacial score (nSPS) is 10.4. The fourth-order valence-corrected chi connectivity index (χ4v) is 1.78. The van der Waals surface area contributed by atoms with Gasteiger partial charge in [0.15, 0.2) is 0 Å². The van der Waals surface area contributed by atoms with Crippen molar-refractivity contribution < 1.29 is 4.74 Å². The highest BCUT2D eigenvalue weighted by Crippen LogP contribution is 2.30. The van der Waals surface area contributed by atoms with Crippen molar-refractivity contribution in [3.8, 4) is 11.6 Å². The third kappa shape index (κ3) is 2.54. The molecule has 0 aliphatic rings. The van der Waals surface area contributed by atoms with Gasteiger partial charge in [-0.3, -0.25) is 0 Å². The summed E-state index contributed by atoms with van der Waals surface area (Å²) >= 11 is 5.95. The maximum Gasteiger partial charge on any atom is 0.227 e. The predicted molar refractivity (Wildman–Crippen MR) is 72.1 cm³/mol. The third-order valence-corrected chi connectivity index (χ3v) is 2.88. The van der Waals surface area contributed by atoms with Gasteiger partial charge < -0.3 is 10.5 Å².